The second-order valence-electron chi connectivity index (χ2n) is 5.27. The summed E-state index contributed by atoms with van der Waals surface area (Å²) in [7, 11) is 1.72. The second kappa shape index (κ2) is 6.58. The van der Waals surface area contributed by atoms with Crippen LogP contribution in [0, 0.1) is 13.8 Å². The minimum absolute atomic E-state index is 0.319. The number of hydrogen-bond acceptors (Lipinski definition) is 2. The van der Waals surface area contributed by atoms with Crippen molar-refractivity contribution in [1.82, 2.24) is 5.32 Å². The van der Waals surface area contributed by atoms with E-state index in [2.05, 4.69) is 50.4 Å². The molecule has 2 heteroatoms. The van der Waals surface area contributed by atoms with Gasteiger partial charge in [-0.25, -0.2) is 0 Å². The normalized spacial score (nSPS) is 12.2. The van der Waals surface area contributed by atoms with Crippen molar-refractivity contribution in [2.24, 2.45) is 0 Å². The highest BCUT2D eigenvalue weighted by molar-refractivity contribution is 5.35. The molecule has 0 bridgehead atoms. The first kappa shape index (κ1) is 14.6. The van der Waals surface area contributed by atoms with Crippen LogP contribution in [0.2, 0.25) is 0 Å². The molecule has 0 aliphatic rings. The molecule has 0 aromatic heterocycles. The van der Waals surface area contributed by atoms with E-state index in [4.69, 9.17) is 4.74 Å². The Morgan fingerprint density at radius 2 is 1.85 bits per heavy atom. The lowest BCUT2D eigenvalue weighted by atomic mass is 10.00. The number of rotatable bonds is 5. The molecule has 0 fully saturated rings. The third-order valence-electron chi connectivity index (χ3n) is 3.69. The van der Waals surface area contributed by atoms with Crippen molar-refractivity contribution >= 4 is 0 Å². The van der Waals surface area contributed by atoms with Gasteiger partial charge in [0.1, 0.15) is 5.75 Å². The van der Waals surface area contributed by atoms with E-state index < -0.39 is 0 Å². The van der Waals surface area contributed by atoms with Gasteiger partial charge in [0, 0.05) is 18.2 Å². The van der Waals surface area contributed by atoms with Crippen LogP contribution in [-0.2, 0) is 6.54 Å². The monoisotopic (exact) mass is 269 g/mol. The minimum Gasteiger partial charge on any atom is -0.496 e. The van der Waals surface area contributed by atoms with E-state index in [9.17, 15) is 0 Å². The highest BCUT2D eigenvalue weighted by Gasteiger charge is 2.09. The fraction of sp³-hybridized carbons (Fsp3) is 0.333. The first-order valence-electron chi connectivity index (χ1n) is 7.04. The lowest BCUT2D eigenvalue weighted by Crippen LogP contribution is -2.19. The van der Waals surface area contributed by atoms with Crippen LogP contribution in [0.25, 0.3) is 0 Å². The number of nitrogens with one attached hydrogen (secondary N) is 1. The van der Waals surface area contributed by atoms with E-state index in [1.165, 1.54) is 22.3 Å². The molecule has 20 heavy (non-hydrogen) atoms. The molecule has 0 amide bonds. The third kappa shape index (κ3) is 3.40. The summed E-state index contributed by atoms with van der Waals surface area (Å²) in [6.45, 7) is 7.31. The van der Waals surface area contributed by atoms with Crippen molar-refractivity contribution in [3.05, 3.63) is 64.7 Å². The van der Waals surface area contributed by atoms with E-state index in [1.54, 1.807) is 7.11 Å². The molecule has 0 aliphatic heterocycles. The van der Waals surface area contributed by atoms with Gasteiger partial charge in [0.25, 0.3) is 0 Å². The highest BCUT2D eigenvalue weighted by Crippen LogP contribution is 2.21. The summed E-state index contributed by atoms with van der Waals surface area (Å²) in [4.78, 5) is 0. The van der Waals surface area contributed by atoms with Crippen LogP contribution >= 0.6 is 0 Å². The Labute approximate surface area is 121 Å². The van der Waals surface area contributed by atoms with E-state index in [1.807, 2.05) is 18.2 Å². The maximum absolute atomic E-state index is 5.39. The molecule has 1 atom stereocenters. The van der Waals surface area contributed by atoms with Gasteiger partial charge in [0.2, 0.25) is 0 Å². The van der Waals surface area contributed by atoms with Crippen LogP contribution in [0.3, 0.4) is 0 Å². The zero-order chi connectivity index (χ0) is 14.5. The van der Waals surface area contributed by atoms with Crippen LogP contribution in [0.4, 0.5) is 0 Å². The van der Waals surface area contributed by atoms with E-state index in [-0.39, 0.29) is 0 Å². The number of benzene rings is 2. The number of aryl methyl sites for hydroxylation is 2. The SMILES string of the molecule is COc1ccccc1CNC(C)c1cc(C)ccc1C. The average Bonchev–Trinajstić information content (AvgIpc) is 2.47. The maximum Gasteiger partial charge on any atom is 0.123 e. The molecule has 1 unspecified atom stereocenters. The zero-order valence-electron chi connectivity index (χ0n) is 12.7. The summed E-state index contributed by atoms with van der Waals surface area (Å²) >= 11 is 0. The summed E-state index contributed by atoms with van der Waals surface area (Å²) in [5.41, 5.74) is 5.18. The molecule has 0 saturated heterocycles. The lowest BCUT2D eigenvalue weighted by Gasteiger charge is -2.18. The lowest BCUT2D eigenvalue weighted by molar-refractivity contribution is 0.406. The van der Waals surface area contributed by atoms with Crippen LogP contribution in [-0.4, -0.2) is 7.11 Å². The summed E-state index contributed by atoms with van der Waals surface area (Å²) in [5, 5.41) is 3.58. The van der Waals surface area contributed by atoms with Crippen LogP contribution < -0.4 is 10.1 Å². The summed E-state index contributed by atoms with van der Waals surface area (Å²) in [5.74, 6) is 0.938. The van der Waals surface area contributed by atoms with E-state index in [0.29, 0.717) is 6.04 Å². The molecule has 0 radical (unpaired) electrons. The number of ether oxygens (including phenoxy) is 1. The van der Waals surface area contributed by atoms with Crippen molar-refractivity contribution in [3.63, 3.8) is 0 Å². The van der Waals surface area contributed by atoms with Crippen molar-refractivity contribution in [2.45, 2.75) is 33.4 Å². The molecule has 1 N–H and O–H groups in total. The first-order chi connectivity index (χ1) is 9.61. The van der Waals surface area contributed by atoms with Crippen molar-refractivity contribution in [2.75, 3.05) is 7.11 Å². The van der Waals surface area contributed by atoms with Gasteiger partial charge in [-0.1, -0.05) is 42.0 Å². The van der Waals surface area contributed by atoms with Crippen molar-refractivity contribution < 1.29 is 4.74 Å². The van der Waals surface area contributed by atoms with E-state index in [0.717, 1.165) is 12.3 Å². The van der Waals surface area contributed by atoms with E-state index >= 15 is 0 Å². The fourth-order valence-electron chi connectivity index (χ4n) is 2.45. The quantitative estimate of drug-likeness (QED) is 0.880. The average molecular weight is 269 g/mol. The Balaban J connectivity index is 2.08. The zero-order valence-corrected chi connectivity index (χ0v) is 12.7. The summed E-state index contributed by atoms with van der Waals surface area (Å²) < 4.78 is 5.39. The Hall–Kier alpha value is -1.80. The summed E-state index contributed by atoms with van der Waals surface area (Å²) in [6, 6.07) is 15.1. The fourth-order valence-corrected chi connectivity index (χ4v) is 2.45. The molecule has 0 saturated carbocycles. The second-order valence-corrected chi connectivity index (χ2v) is 5.27. The number of hydrogen-bond donors (Lipinski definition) is 1. The smallest absolute Gasteiger partial charge is 0.123 e. The molecule has 0 spiro atoms. The molecule has 106 valence electrons. The van der Waals surface area contributed by atoms with Gasteiger partial charge in [0.15, 0.2) is 0 Å². The third-order valence-corrected chi connectivity index (χ3v) is 3.69. The van der Waals surface area contributed by atoms with Crippen molar-refractivity contribution in [3.8, 4) is 5.75 Å². The van der Waals surface area contributed by atoms with Gasteiger partial charge in [-0.2, -0.15) is 0 Å². The minimum atomic E-state index is 0.319. The maximum atomic E-state index is 5.39. The summed E-state index contributed by atoms with van der Waals surface area (Å²) in [6.07, 6.45) is 0. The van der Waals surface area contributed by atoms with Crippen molar-refractivity contribution in [1.29, 1.82) is 0 Å². The number of methoxy groups -OCH3 is 1. The van der Waals surface area contributed by atoms with Gasteiger partial charge in [0.05, 0.1) is 7.11 Å². The highest BCUT2D eigenvalue weighted by atomic mass is 16.5. The Morgan fingerprint density at radius 1 is 1.10 bits per heavy atom. The van der Waals surface area contributed by atoms with Gasteiger partial charge in [-0.15, -0.1) is 0 Å². The van der Waals surface area contributed by atoms with Crippen LogP contribution in [0.5, 0.6) is 5.75 Å². The molecule has 2 aromatic rings. The standard InChI is InChI=1S/C18H23NO/c1-13-9-10-14(2)17(11-13)15(3)19-12-16-7-5-6-8-18(16)20-4/h5-11,15,19H,12H2,1-4H3. The first-order valence-corrected chi connectivity index (χ1v) is 7.04. The molecular formula is C18H23NO. The Bertz CT molecular complexity index is 577. The van der Waals surface area contributed by atoms with Gasteiger partial charge in [-0.05, 0) is 38.0 Å². The molecule has 2 aromatic carbocycles. The Kier molecular flexibility index (Phi) is 4.80. The van der Waals surface area contributed by atoms with Gasteiger partial charge in [-0.3, -0.25) is 0 Å². The van der Waals surface area contributed by atoms with Gasteiger partial charge < -0.3 is 10.1 Å². The molecule has 0 aliphatic carbocycles. The predicted molar refractivity (Wildman–Crippen MR) is 84.2 cm³/mol. The predicted octanol–water partition coefficient (Wildman–Crippen LogP) is 4.16. The molecular weight excluding hydrogens is 246 g/mol. The van der Waals surface area contributed by atoms with Crippen LogP contribution in [0.1, 0.15) is 35.2 Å². The largest absolute Gasteiger partial charge is 0.496 e. The molecule has 2 rings (SSSR count). The topological polar surface area (TPSA) is 21.3 Å². The van der Waals surface area contributed by atoms with Gasteiger partial charge >= 0.3 is 0 Å². The molecule has 2 nitrogen and oxygen atoms in total. The molecule has 0 heterocycles. The Morgan fingerprint density at radius 3 is 2.60 bits per heavy atom. The number of para-hydroxylation sites is 1. The van der Waals surface area contributed by atoms with Crippen LogP contribution in [0.15, 0.2) is 42.5 Å².